The molecule has 0 bridgehead atoms. The zero-order chi connectivity index (χ0) is 13.9. The van der Waals surface area contributed by atoms with E-state index in [0.717, 1.165) is 6.54 Å². The molecule has 0 aliphatic heterocycles. The van der Waals surface area contributed by atoms with Gasteiger partial charge >= 0.3 is 5.97 Å². The Morgan fingerprint density at radius 1 is 1.50 bits per heavy atom. The summed E-state index contributed by atoms with van der Waals surface area (Å²) in [6.07, 6.45) is 0. The van der Waals surface area contributed by atoms with E-state index in [0.29, 0.717) is 24.4 Å². The highest BCUT2D eigenvalue weighted by molar-refractivity contribution is 5.86. The third-order valence-corrected chi connectivity index (χ3v) is 2.60. The molecule has 0 unspecified atom stereocenters. The van der Waals surface area contributed by atoms with Gasteiger partial charge in [0.05, 0.1) is 12.1 Å². The van der Waals surface area contributed by atoms with Gasteiger partial charge in [0.2, 0.25) is 5.76 Å². The lowest BCUT2D eigenvalue weighted by atomic mass is 10.1. The van der Waals surface area contributed by atoms with Crippen molar-refractivity contribution in [3.8, 4) is 0 Å². The van der Waals surface area contributed by atoms with Gasteiger partial charge in [-0.05, 0) is 33.4 Å². The van der Waals surface area contributed by atoms with Crippen LogP contribution in [0.15, 0.2) is 10.5 Å². The van der Waals surface area contributed by atoms with E-state index in [1.54, 1.807) is 26.8 Å². The molecule has 5 heteroatoms. The van der Waals surface area contributed by atoms with E-state index in [1.807, 2.05) is 11.8 Å². The predicted octanol–water partition coefficient (Wildman–Crippen LogP) is 1.88. The van der Waals surface area contributed by atoms with Crippen LogP contribution in [0.1, 0.15) is 42.6 Å². The Morgan fingerprint density at radius 3 is 2.50 bits per heavy atom. The van der Waals surface area contributed by atoms with Crippen molar-refractivity contribution in [2.24, 2.45) is 0 Å². The predicted molar refractivity (Wildman–Crippen MR) is 67.7 cm³/mol. The first-order chi connectivity index (χ1) is 8.23. The highest BCUT2D eigenvalue weighted by Gasteiger charge is 2.20. The number of nitrogens with zero attached hydrogens (tertiary/aromatic N) is 1. The first kappa shape index (κ1) is 14.7. The molecule has 2 N–H and O–H groups in total. The molecule has 0 atom stereocenters. The second kappa shape index (κ2) is 5.54. The van der Waals surface area contributed by atoms with Crippen molar-refractivity contribution in [2.45, 2.75) is 39.8 Å². The first-order valence-corrected chi connectivity index (χ1v) is 6.00. The lowest BCUT2D eigenvalue weighted by Gasteiger charge is -2.27. The second-order valence-corrected chi connectivity index (χ2v) is 5.15. The molecular formula is C13H21NO4. The van der Waals surface area contributed by atoms with Gasteiger partial charge in [0, 0.05) is 12.1 Å². The van der Waals surface area contributed by atoms with Crippen LogP contribution < -0.4 is 0 Å². The molecule has 102 valence electrons. The summed E-state index contributed by atoms with van der Waals surface area (Å²) < 4.78 is 5.30. The van der Waals surface area contributed by atoms with Crippen molar-refractivity contribution in [3.63, 3.8) is 0 Å². The van der Waals surface area contributed by atoms with Crippen LogP contribution in [0.2, 0.25) is 0 Å². The van der Waals surface area contributed by atoms with Gasteiger partial charge < -0.3 is 14.6 Å². The van der Waals surface area contributed by atoms with Crippen LogP contribution >= 0.6 is 0 Å². The molecule has 0 fully saturated rings. The van der Waals surface area contributed by atoms with Gasteiger partial charge in [-0.3, -0.25) is 4.90 Å². The minimum Gasteiger partial charge on any atom is -0.475 e. The van der Waals surface area contributed by atoms with Crippen molar-refractivity contribution in [2.75, 3.05) is 13.1 Å². The number of aromatic carboxylic acids is 1. The quantitative estimate of drug-likeness (QED) is 0.812. The Labute approximate surface area is 107 Å². The van der Waals surface area contributed by atoms with Crippen LogP contribution in [0.5, 0.6) is 0 Å². The van der Waals surface area contributed by atoms with Gasteiger partial charge in [-0.25, -0.2) is 4.79 Å². The van der Waals surface area contributed by atoms with E-state index in [4.69, 9.17) is 9.52 Å². The smallest absolute Gasteiger partial charge is 0.372 e. The van der Waals surface area contributed by atoms with E-state index in [-0.39, 0.29) is 5.76 Å². The summed E-state index contributed by atoms with van der Waals surface area (Å²) in [7, 11) is 0. The number of likely N-dealkylation sites (N-methyl/N-ethyl adjacent to an activating group) is 1. The summed E-state index contributed by atoms with van der Waals surface area (Å²) in [6.45, 7) is 8.94. The van der Waals surface area contributed by atoms with Crippen molar-refractivity contribution >= 4 is 5.97 Å². The minimum atomic E-state index is -1.05. The molecule has 0 saturated heterocycles. The van der Waals surface area contributed by atoms with E-state index in [2.05, 4.69) is 0 Å². The Balaban J connectivity index is 2.76. The molecule has 1 aromatic rings. The van der Waals surface area contributed by atoms with Crippen LogP contribution in [0.4, 0.5) is 0 Å². The molecule has 1 heterocycles. The molecule has 1 aromatic heterocycles. The summed E-state index contributed by atoms with van der Waals surface area (Å²) in [5.74, 6) is -0.454. The number of hydrogen-bond donors (Lipinski definition) is 2. The number of carboxylic acids is 1. The molecule has 18 heavy (non-hydrogen) atoms. The number of hydrogen-bond acceptors (Lipinski definition) is 4. The van der Waals surface area contributed by atoms with Crippen LogP contribution in [0, 0.1) is 6.92 Å². The van der Waals surface area contributed by atoms with Crippen molar-refractivity contribution in [3.05, 3.63) is 23.2 Å². The molecule has 0 aliphatic carbocycles. The van der Waals surface area contributed by atoms with E-state index in [9.17, 15) is 9.90 Å². The van der Waals surface area contributed by atoms with Gasteiger partial charge in [0.1, 0.15) is 5.76 Å². The molecule has 0 aliphatic rings. The van der Waals surface area contributed by atoms with Gasteiger partial charge in [-0.2, -0.15) is 0 Å². The highest BCUT2D eigenvalue weighted by Crippen LogP contribution is 2.17. The molecule has 0 saturated carbocycles. The van der Waals surface area contributed by atoms with E-state index >= 15 is 0 Å². The standard InChI is InChI=1S/C13H21NO4/c1-5-14(8-13(3,4)17)7-10-6-9(2)11(18-10)12(15)16/h6,17H,5,7-8H2,1-4H3,(H,15,16). The molecule has 0 aromatic carbocycles. The number of carboxylic acid groups (broad SMARTS) is 1. The Bertz CT molecular complexity index is 417. The third-order valence-electron chi connectivity index (χ3n) is 2.60. The topological polar surface area (TPSA) is 73.9 Å². The molecule has 0 radical (unpaired) electrons. The highest BCUT2D eigenvalue weighted by atomic mass is 16.4. The second-order valence-electron chi connectivity index (χ2n) is 5.15. The van der Waals surface area contributed by atoms with E-state index in [1.165, 1.54) is 0 Å². The van der Waals surface area contributed by atoms with Gasteiger partial charge in [-0.15, -0.1) is 0 Å². The zero-order valence-corrected chi connectivity index (χ0v) is 11.4. The number of furan rings is 1. The minimum absolute atomic E-state index is 0.00990. The summed E-state index contributed by atoms with van der Waals surface area (Å²) in [5.41, 5.74) is -0.162. The number of aliphatic hydroxyl groups is 1. The van der Waals surface area contributed by atoms with Crippen molar-refractivity contribution in [1.82, 2.24) is 4.90 Å². The molecular weight excluding hydrogens is 234 g/mol. The fourth-order valence-corrected chi connectivity index (χ4v) is 1.89. The van der Waals surface area contributed by atoms with Gasteiger partial charge in [0.25, 0.3) is 0 Å². The first-order valence-electron chi connectivity index (χ1n) is 6.00. The molecule has 5 nitrogen and oxygen atoms in total. The largest absolute Gasteiger partial charge is 0.475 e. The Kier molecular flexibility index (Phi) is 4.53. The number of rotatable bonds is 6. The maximum Gasteiger partial charge on any atom is 0.372 e. The normalized spacial score (nSPS) is 12.1. The SMILES string of the molecule is CCN(Cc1cc(C)c(C(=O)O)o1)CC(C)(C)O. The maximum absolute atomic E-state index is 10.9. The fraction of sp³-hybridized carbons (Fsp3) is 0.615. The molecule has 1 rings (SSSR count). The van der Waals surface area contributed by atoms with E-state index < -0.39 is 11.6 Å². The Hall–Kier alpha value is -1.33. The molecule has 0 amide bonds. The van der Waals surface area contributed by atoms with Crippen molar-refractivity contribution in [1.29, 1.82) is 0 Å². The molecule has 0 spiro atoms. The summed E-state index contributed by atoms with van der Waals surface area (Å²) >= 11 is 0. The van der Waals surface area contributed by atoms with Crippen LogP contribution in [-0.4, -0.2) is 39.8 Å². The number of aryl methyl sites for hydroxylation is 1. The van der Waals surface area contributed by atoms with Crippen molar-refractivity contribution < 1.29 is 19.4 Å². The monoisotopic (exact) mass is 255 g/mol. The third kappa shape index (κ3) is 4.16. The number of carbonyl (C=O) groups is 1. The lowest BCUT2D eigenvalue weighted by molar-refractivity contribution is 0.0329. The average Bonchev–Trinajstić information content (AvgIpc) is 2.56. The maximum atomic E-state index is 10.9. The zero-order valence-electron chi connectivity index (χ0n) is 11.4. The Morgan fingerprint density at radius 2 is 2.11 bits per heavy atom. The van der Waals surface area contributed by atoms with Gasteiger partial charge in [-0.1, -0.05) is 6.92 Å². The van der Waals surface area contributed by atoms with Gasteiger partial charge in [0.15, 0.2) is 0 Å². The lowest BCUT2D eigenvalue weighted by Crippen LogP contribution is -2.38. The summed E-state index contributed by atoms with van der Waals surface area (Å²) in [6, 6.07) is 1.73. The summed E-state index contributed by atoms with van der Waals surface area (Å²) in [4.78, 5) is 12.9. The fourth-order valence-electron chi connectivity index (χ4n) is 1.89. The van der Waals surface area contributed by atoms with Crippen LogP contribution in [0.3, 0.4) is 0 Å². The average molecular weight is 255 g/mol. The van der Waals surface area contributed by atoms with Crippen LogP contribution in [0.25, 0.3) is 0 Å². The van der Waals surface area contributed by atoms with Crippen LogP contribution in [-0.2, 0) is 6.54 Å². The summed E-state index contributed by atoms with van der Waals surface area (Å²) in [5, 5.41) is 18.7.